The Morgan fingerprint density at radius 2 is 0.932 bits per heavy atom. The van der Waals surface area contributed by atoms with Crippen LogP contribution in [0.4, 0.5) is 0 Å². The Kier molecular flexibility index (Phi) is 8.45. The number of hydrogen-bond acceptors (Lipinski definition) is 3. The van der Waals surface area contributed by atoms with Gasteiger partial charge >= 0.3 is 267 Å². The summed E-state index contributed by atoms with van der Waals surface area (Å²) in [5.74, 6) is 0. The van der Waals surface area contributed by atoms with E-state index in [0.717, 1.165) is 33.4 Å². The summed E-state index contributed by atoms with van der Waals surface area (Å²) in [7, 11) is -5.73. The first kappa shape index (κ1) is 34.1. The quantitative estimate of drug-likeness (QED) is 0.201. The van der Waals surface area contributed by atoms with Gasteiger partial charge in [-0.2, -0.15) is 0 Å². The van der Waals surface area contributed by atoms with Crippen molar-refractivity contribution in [2.75, 3.05) is 0 Å². The zero-order valence-electron chi connectivity index (χ0n) is 28.9. The van der Waals surface area contributed by atoms with Gasteiger partial charge in [0.1, 0.15) is 0 Å². The van der Waals surface area contributed by atoms with Crippen molar-refractivity contribution in [3.05, 3.63) is 107 Å². The third-order valence-corrected chi connectivity index (χ3v) is 11.2. The third kappa shape index (κ3) is 6.58. The molecule has 44 heavy (non-hydrogen) atoms. The van der Waals surface area contributed by atoms with Crippen LogP contribution in [0.15, 0.2) is 84.9 Å². The second-order valence-corrected chi connectivity index (χ2v) is 19.5. The van der Waals surface area contributed by atoms with Crippen molar-refractivity contribution < 1.29 is 14.7 Å². The average Bonchev–Trinajstić information content (AvgIpc) is 2.90. The Bertz CT molecular complexity index is 1660. The van der Waals surface area contributed by atoms with Crippen molar-refractivity contribution in [2.24, 2.45) is 0 Å². The molecule has 0 unspecified atom stereocenters. The van der Waals surface area contributed by atoms with E-state index in [-0.39, 0.29) is 26.9 Å². The van der Waals surface area contributed by atoms with Gasteiger partial charge < -0.3 is 0 Å². The fraction of sp³-hybridized carbons (Fsp3) is 0.400. The zero-order valence-corrected chi connectivity index (χ0v) is 29.8. The molecule has 0 radical (unpaired) electrons. The molecule has 236 valence electrons. The second-order valence-electron chi connectivity index (χ2n) is 16.5. The van der Waals surface area contributed by atoms with Crippen LogP contribution in [0.25, 0.3) is 22.3 Å². The molecule has 0 spiro atoms. The van der Waals surface area contributed by atoms with E-state index in [1.54, 1.807) is 12.1 Å². The Morgan fingerprint density at radius 3 is 1.43 bits per heavy atom. The molecule has 0 amide bonds. The molecule has 0 bridgehead atoms. The van der Waals surface area contributed by atoms with Crippen molar-refractivity contribution in [1.29, 1.82) is 0 Å². The van der Waals surface area contributed by atoms with Crippen molar-refractivity contribution in [2.45, 2.75) is 105 Å². The third-order valence-electron chi connectivity index (χ3n) is 8.65. The molecule has 0 aromatic heterocycles. The molecule has 0 saturated carbocycles. The van der Waals surface area contributed by atoms with Crippen LogP contribution in [-0.2, 0) is 21.7 Å². The van der Waals surface area contributed by atoms with Gasteiger partial charge in [0.15, 0.2) is 0 Å². The molecule has 4 aromatic rings. The first-order chi connectivity index (χ1) is 19.9. The van der Waals surface area contributed by atoms with Crippen LogP contribution in [0.1, 0.15) is 105 Å². The molecule has 0 atom stereocenters. The predicted octanol–water partition coefficient (Wildman–Crippen LogP) is 9.44. The van der Waals surface area contributed by atoms with Crippen LogP contribution < -0.4 is 10.6 Å². The van der Waals surface area contributed by atoms with Gasteiger partial charge in [-0.05, 0) is 0 Å². The van der Waals surface area contributed by atoms with E-state index in [2.05, 4.69) is 101 Å². The van der Waals surface area contributed by atoms with Crippen molar-refractivity contribution in [3.8, 4) is 22.3 Å². The molecule has 3 nitrogen and oxygen atoms in total. The van der Waals surface area contributed by atoms with Crippen LogP contribution in [-0.4, -0.2) is 14.7 Å². The summed E-state index contributed by atoms with van der Waals surface area (Å²) >= 11 is 0. The van der Waals surface area contributed by atoms with Gasteiger partial charge in [-0.1, -0.05) is 0 Å². The minimum atomic E-state index is -5.73. The van der Waals surface area contributed by atoms with E-state index in [4.69, 9.17) is 0 Å². The fourth-order valence-corrected chi connectivity index (χ4v) is 8.43. The van der Waals surface area contributed by atoms with E-state index in [0.29, 0.717) is 5.56 Å². The van der Waals surface area contributed by atoms with Gasteiger partial charge in [0, 0.05) is 0 Å². The van der Waals surface area contributed by atoms with Crippen LogP contribution in [0, 0.1) is 0 Å². The molecule has 4 heteroatoms. The van der Waals surface area contributed by atoms with E-state index in [1.165, 1.54) is 5.56 Å². The van der Waals surface area contributed by atoms with Gasteiger partial charge in [-0.25, -0.2) is 0 Å². The van der Waals surface area contributed by atoms with Gasteiger partial charge in [-0.3, -0.25) is 0 Å². The first-order valence-electron chi connectivity index (χ1n) is 15.7. The number of rotatable bonds is 4. The topological polar surface area (TPSA) is 60.7 Å². The minimum absolute atomic E-state index is 0.0686. The standard InChI is InChI=1S/C40H53O3P/c1-37(2,3)28-21-23-31(32(25-28)39(7,8)9)36-30(27-17-14-13-15-18-27)19-16-20-35(36)44(41,42,43)34-24-22-29(38(4,5)6)26-33(34)40(10,11)12/h13-26,41-43H,1-12H3. The molecular formula is C40H53O3P. The maximum atomic E-state index is 12.6. The van der Waals surface area contributed by atoms with Crippen LogP contribution in [0.3, 0.4) is 0 Å². The second kappa shape index (κ2) is 10.9. The molecule has 4 aromatic carbocycles. The average molecular weight is 613 g/mol. The summed E-state index contributed by atoms with van der Waals surface area (Å²) in [5, 5.41) is 0.340. The Labute approximate surface area is 266 Å². The SMILES string of the molecule is CC(C)(C)c1ccc(-c2c(-c3ccccc3)cccc2P(O)(O)(O)c2ccc(C(C)(C)C)cc2C(C)(C)C)c(C(C)(C)C)c1. The fourth-order valence-electron chi connectivity index (χ4n) is 5.97. The Hall–Kier alpha value is -2.81. The Morgan fingerprint density at radius 1 is 0.432 bits per heavy atom. The summed E-state index contributed by atoms with van der Waals surface area (Å²) in [6.45, 7) is 25.7. The van der Waals surface area contributed by atoms with E-state index < -0.39 is 12.7 Å². The van der Waals surface area contributed by atoms with Crippen LogP contribution in [0.5, 0.6) is 0 Å². The monoisotopic (exact) mass is 612 g/mol. The van der Waals surface area contributed by atoms with Crippen molar-refractivity contribution in [3.63, 3.8) is 0 Å². The molecule has 0 heterocycles. The van der Waals surface area contributed by atoms with Gasteiger partial charge in [-0.15, -0.1) is 0 Å². The maximum absolute atomic E-state index is 12.6. The van der Waals surface area contributed by atoms with Crippen LogP contribution >= 0.6 is 7.28 Å². The first-order valence-corrected chi connectivity index (χ1v) is 17.8. The Balaban J connectivity index is 2.20. The van der Waals surface area contributed by atoms with Crippen molar-refractivity contribution in [1.82, 2.24) is 0 Å². The number of hydrogen-bond donors (Lipinski definition) is 3. The van der Waals surface area contributed by atoms with Gasteiger partial charge in [0.25, 0.3) is 0 Å². The molecule has 4 rings (SSSR count). The molecule has 0 aliphatic rings. The molecule has 0 fully saturated rings. The summed E-state index contributed by atoms with van der Waals surface area (Å²) in [4.78, 5) is 37.8. The van der Waals surface area contributed by atoms with E-state index in [9.17, 15) is 14.7 Å². The molecule has 3 N–H and O–H groups in total. The van der Waals surface area contributed by atoms with E-state index in [1.807, 2.05) is 54.6 Å². The summed E-state index contributed by atoms with van der Waals surface area (Å²) in [5.41, 5.74) is 6.45. The molecular weight excluding hydrogens is 559 g/mol. The van der Waals surface area contributed by atoms with Gasteiger partial charge in [0.2, 0.25) is 0 Å². The normalized spacial score (nSPS) is 14.3. The van der Waals surface area contributed by atoms with E-state index >= 15 is 0 Å². The summed E-state index contributed by atoms with van der Waals surface area (Å²) in [6.07, 6.45) is 0. The number of benzene rings is 4. The molecule has 0 aliphatic carbocycles. The molecule has 0 saturated heterocycles. The molecule has 0 aliphatic heterocycles. The van der Waals surface area contributed by atoms with Gasteiger partial charge in [0.05, 0.1) is 0 Å². The summed E-state index contributed by atoms with van der Waals surface area (Å²) < 4.78 is 0. The van der Waals surface area contributed by atoms with Crippen LogP contribution in [0.2, 0.25) is 0 Å². The van der Waals surface area contributed by atoms with Crippen molar-refractivity contribution >= 4 is 17.9 Å². The predicted molar refractivity (Wildman–Crippen MR) is 191 cm³/mol. The zero-order chi connectivity index (χ0) is 33.1. The summed E-state index contributed by atoms with van der Waals surface area (Å²) in [6, 6.07) is 27.7.